The van der Waals surface area contributed by atoms with Crippen LogP contribution in [0.3, 0.4) is 0 Å². The Hall–Kier alpha value is -2.75. The van der Waals surface area contributed by atoms with E-state index in [-0.39, 0.29) is 6.10 Å². The molecule has 0 saturated heterocycles. The summed E-state index contributed by atoms with van der Waals surface area (Å²) in [7, 11) is 0. The molecule has 0 radical (unpaired) electrons. The first kappa shape index (κ1) is 19.0. The van der Waals surface area contributed by atoms with Crippen LogP contribution in [0.4, 0.5) is 0 Å². The first-order valence-corrected chi connectivity index (χ1v) is 9.21. The zero-order valence-corrected chi connectivity index (χ0v) is 15.4. The smallest absolute Gasteiger partial charge is 0.116 e. The van der Waals surface area contributed by atoms with Gasteiger partial charge in [0.1, 0.15) is 6.10 Å². The maximum atomic E-state index is 6.03. The summed E-state index contributed by atoms with van der Waals surface area (Å²) in [4.78, 5) is 4.55. The van der Waals surface area contributed by atoms with E-state index in [1.807, 2.05) is 60.8 Å². The van der Waals surface area contributed by atoms with Crippen LogP contribution in [0.25, 0.3) is 0 Å². The van der Waals surface area contributed by atoms with E-state index in [2.05, 4.69) is 41.4 Å². The molecule has 0 heterocycles. The van der Waals surface area contributed by atoms with Crippen LogP contribution in [0.1, 0.15) is 16.7 Å². The molecule has 3 rings (SSSR count). The highest BCUT2D eigenvalue weighted by molar-refractivity contribution is 5.63. The van der Waals surface area contributed by atoms with Crippen molar-refractivity contribution < 1.29 is 9.47 Å². The SMILES string of the molecule is C(=NCc1ccccc1)[C@@H](COCc1ccccc1)OCc1ccccc1. The number of rotatable bonds is 10. The largest absolute Gasteiger partial charge is 0.374 e. The summed E-state index contributed by atoms with van der Waals surface area (Å²) < 4.78 is 11.9. The maximum Gasteiger partial charge on any atom is 0.116 e. The molecule has 3 aromatic carbocycles. The molecular weight excluding hydrogens is 334 g/mol. The molecule has 0 bridgehead atoms. The van der Waals surface area contributed by atoms with Gasteiger partial charge in [-0.1, -0.05) is 91.0 Å². The molecule has 3 nitrogen and oxygen atoms in total. The first-order valence-electron chi connectivity index (χ1n) is 9.21. The van der Waals surface area contributed by atoms with Gasteiger partial charge in [0.05, 0.1) is 26.4 Å². The zero-order valence-electron chi connectivity index (χ0n) is 15.4. The molecule has 1 atom stereocenters. The Balaban J connectivity index is 1.53. The predicted molar refractivity (Wildman–Crippen MR) is 110 cm³/mol. The highest BCUT2D eigenvalue weighted by atomic mass is 16.5. The topological polar surface area (TPSA) is 30.8 Å². The van der Waals surface area contributed by atoms with Gasteiger partial charge in [0.25, 0.3) is 0 Å². The van der Waals surface area contributed by atoms with E-state index in [0.29, 0.717) is 26.4 Å². The van der Waals surface area contributed by atoms with Gasteiger partial charge in [-0.2, -0.15) is 0 Å². The van der Waals surface area contributed by atoms with Gasteiger partial charge >= 0.3 is 0 Å². The molecule has 0 unspecified atom stereocenters. The second-order valence-corrected chi connectivity index (χ2v) is 6.31. The lowest BCUT2D eigenvalue weighted by atomic mass is 10.2. The van der Waals surface area contributed by atoms with Crippen molar-refractivity contribution in [3.63, 3.8) is 0 Å². The minimum atomic E-state index is -0.183. The summed E-state index contributed by atoms with van der Waals surface area (Å²) in [5.74, 6) is 0. The van der Waals surface area contributed by atoms with Gasteiger partial charge in [0.15, 0.2) is 0 Å². The van der Waals surface area contributed by atoms with Crippen LogP contribution >= 0.6 is 0 Å². The second kappa shape index (κ2) is 11.1. The number of benzene rings is 3. The van der Waals surface area contributed by atoms with Crippen LogP contribution in [0.5, 0.6) is 0 Å². The van der Waals surface area contributed by atoms with Crippen molar-refractivity contribution in [2.24, 2.45) is 4.99 Å². The van der Waals surface area contributed by atoms with Gasteiger partial charge in [-0.15, -0.1) is 0 Å². The lowest BCUT2D eigenvalue weighted by Gasteiger charge is -2.14. The zero-order chi connectivity index (χ0) is 18.6. The molecule has 138 valence electrons. The van der Waals surface area contributed by atoms with Crippen LogP contribution in [0.15, 0.2) is 96.0 Å². The van der Waals surface area contributed by atoms with E-state index >= 15 is 0 Å². The van der Waals surface area contributed by atoms with Gasteiger partial charge in [-0.05, 0) is 16.7 Å². The highest BCUT2D eigenvalue weighted by Crippen LogP contribution is 2.06. The Morgan fingerprint density at radius 3 is 1.78 bits per heavy atom. The number of hydrogen-bond donors (Lipinski definition) is 0. The molecule has 0 fully saturated rings. The molecule has 0 spiro atoms. The van der Waals surface area contributed by atoms with Crippen molar-refractivity contribution in [1.82, 2.24) is 0 Å². The minimum Gasteiger partial charge on any atom is -0.374 e. The summed E-state index contributed by atoms with van der Waals surface area (Å²) in [6, 6.07) is 30.5. The summed E-state index contributed by atoms with van der Waals surface area (Å²) in [6.07, 6.45) is 1.68. The van der Waals surface area contributed by atoms with Crippen LogP contribution in [0.2, 0.25) is 0 Å². The Morgan fingerprint density at radius 1 is 0.667 bits per heavy atom. The molecule has 0 aromatic heterocycles. The van der Waals surface area contributed by atoms with E-state index in [1.54, 1.807) is 0 Å². The number of hydrogen-bond acceptors (Lipinski definition) is 3. The van der Waals surface area contributed by atoms with E-state index in [9.17, 15) is 0 Å². The van der Waals surface area contributed by atoms with Crippen molar-refractivity contribution in [3.8, 4) is 0 Å². The van der Waals surface area contributed by atoms with E-state index < -0.39 is 0 Å². The van der Waals surface area contributed by atoms with Gasteiger partial charge < -0.3 is 9.47 Å². The fourth-order valence-electron chi connectivity index (χ4n) is 2.64. The fraction of sp³-hybridized carbons (Fsp3) is 0.208. The second-order valence-electron chi connectivity index (χ2n) is 6.31. The van der Waals surface area contributed by atoms with Crippen LogP contribution in [-0.4, -0.2) is 18.9 Å². The average Bonchev–Trinajstić information content (AvgIpc) is 2.74. The van der Waals surface area contributed by atoms with Crippen LogP contribution < -0.4 is 0 Å². The minimum absolute atomic E-state index is 0.183. The molecule has 3 heteroatoms. The third-order valence-corrected chi connectivity index (χ3v) is 4.09. The standard InChI is InChI=1S/C24H25NO2/c1-4-10-21(11-5-1)16-25-17-24(27-19-23-14-8-3-9-15-23)20-26-18-22-12-6-2-7-13-22/h1-15,17,24H,16,18-20H2/t24-/m0/s1. The lowest BCUT2D eigenvalue weighted by Crippen LogP contribution is -2.21. The average molecular weight is 359 g/mol. The van der Waals surface area contributed by atoms with Crippen molar-refractivity contribution in [2.75, 3.05) is 6.61 Å². The molecule has 0 amide bonds. The Bertz CT molecular complexity index is 788. The van der Waals surface area contributed by atoms with Gasteiger partial charge in [-0.3, -0.25) is 4.99 Å². The number of nitrogens with zero attached hydrogens (tertiary/aromatic N) is 1. The van der Waals surface area contributed by atoms with Gasteiger partial charge in [0, 0.05) is 6.21 Å². The van der Waals surface area contributed by atoms with Crippen molar-refractivity contribution in [2.45, 2.75) is 25.9 Å². The molecule has 0 N–H and O–H groups in total. The molecule has 27 heavy (non-hydrogen) atoms. The molecule has 0 aliphatic carbocycles. The Labute approximate surface area is 161 Å². The Kier molecular flexibility index (Phi) is 7.80. The monoisotopic (exact) mass is 359 g/mol. The summed E-state index contributed by atoms with van der Waals surface area (Å²) >= 11 is 0. The van der Waals surface area contributed by atoms with Crippen molar-refractivity contribution in [1.29, 1.82) is 0 Å². The number of ether oxygens (including phenoxy) is 2. The molecule has 0 saturated carbocycles. The molecule has 3 aromatic rings. The highest BCUT2D eigenvalue weighted by Gasteiger charge is 2.07. The lowest BCUT2D eigenvalue weighted by molar-refractivity contribution is 0.00644. The molecular formula is C24H25NO2. The summed E-state index contributed by atoms with van der Waals surface area (Å²) in [6.45, 7) is 2.22. The van der Waals surface area contributed by atoms with Crippen molar-refractivity contribution >= 4 is 6.21 Å². The fourth-order valence-corrected chi connectivity index (χ4v) is 2.64. The van der Waals surface area contributed by atoms with Crippen molar-refractivity contribution in [3.05, 3.63) is 108 Å². The van der Waals surface area contributed by atoms with Gasteiger partial charge in [0.2, 0.25) is 0 Å². The maximum absolute atomic E-state index is 6.03. The summed E-state index contributed by atoms with van der Waals surface area (Å²) in [5, 5.41) is 0. The third-order valence-electron chi connectivity index (χ3n) is 4.09. The first-order chi connectivity index (χ1) is 13.4. The van der Waals surface area contributed by atoms with E-state index in [4.69, 9.17) is 9.47 Å². The number of aliphatic imine (C=N–C) groups is 1. The van der Waals surface area contributed by atoms with E-state index in [1.165, 1.54) is 5.56 Å². The van der Waals surface area contributed by atoms with Crippen LogP contribution in [0, 0.1) is 0 Å². The molecule has 0 aliphatic rings. The predicted octanol–water partition coefficient (Wildman–Crippen LogP) is 5.06. The van der Waals surface area contributed by atoms with Gasteiger partial charge in [-0.25, -0.2) is 0 Å². The van der Waals surface area contributed by atoms with E-state index in [0.717, 1.165) is 11.1 Å². The summed E-state index contributed by atoms with van der Waals surface area (Å²) in [5.41, 5.74) is 3.48. The Morgan fingerprint density at radius 2 is 1.19 bits per heavy atom. The van der Waals surface area contributed by atoms with Crippen LogP contribution in [-0.2, 0) is 29.2 Å². The molecule has 0 aliphatic heterocycles. The normalized spacial score (nSPS) is 12.3. The quantitative estimate of drug-likeness (QED) is 0.474. The third kappa shape index (κ3) is 7.18.